The summed E-state index contributed by atoms with van der Waals surface area (Å²) < 4.78 is 1.82. The standard InChI is InChI=1S/C15H28N4S/c1-11(2)9-7-5-6-8-10-17-15-13(14(16)20)12(3)18-19(15)4/h11,17H,5-10H2,1-4H3,(H2,16,20). The summed E-state index contributed by atoms with van der Waals surface area (Å²) in [5.41, 5.74) is 7.53. The molecule has 0 aromatic carbocycles. The highest BCUT2D eigenvalue weighted by Crippen LogP contribution is 2.18. The maximum absolute atomic E-state index is 5.77. The van der Waals surface area contributed by atoms with Gasteiger partial charge in [0.2, 0.25) is 0 Å². The van der Waals surface area contributed by atoms with Crippen molar-refractivity contribution in [1.29, 1.82) is 0 Å². The third-order valence-electron chi connectivity index (χ3n) is 3.47. The normalized spacial score (nSPS) is 11.1. The van der Waals surface area contributed by atoms with E-state index in [4.69, 9.17) is 18.0 Å². The molecule has 5 heteroatoms. The first-order valence-electron chi connectivity index (χ1n) is 7.50. The lowest BCUT2D eigenvalue weighted by Gasteiger charge is -2.09. The zero-order valence-electron chi connectivity index (χ0n) is 13.2. The van der Waals surface area contributed by atoms with E-state index in [0.717, 1.165) is 29.5 Å². The van der Waals surface area contributed by atoms with Crippen molar-refractivity contribution in [1.82, 2.24) is 9.78 Å². The maximum atomic E-state index is 5.77. The van der Waals surface area contributed by atoms with Gasteiger partial charge in [-0.3, -0.25) is 4.68 Å². The summed E-state index contributed by atoms with van der Waals surface area (Å²) in [5, 5.41) is 7.78. The molecular formula is C15H28N4S. The van der Waals surface area contributed by atoms with E-state index in [-0.39, 0.29) is 0 Å². The molecule has 1 aromatic heterocycles. The van der Waals surface area contributed by atoms with Crippen LogP contribution in [-0.4, -0.2) is 21.3 Å². The monoisotopic (exact) mass is 296 g/mol. The van der Waals surface area contributed by atoms with Crippen LogP contribution in [0.15, 0.2) is 0 Å². The molecule has 0 aliphatic carbocycles. The van der Waals surface area contributed by atoms with Gasteiger partial charge in [-0.1, -0.05) is 51.7 Å². The van der Waals surface area contributed by atoms with Crippen molar-refractivity contribution in [3.8, 4) is 0 Å². The Balaban J connectivity index is 2.34. The summed E-state index contributed by atoms with van der Waals surface area (Å²) >= 11 is 5.10. The zero-order chi connectivity index (χ0) is 15.1. The minimum atomic E-state index is 0.412. The molecule has 0 saturated carbocycles. The molecule has 4 nitrogen and oxygen atoms in total. The van der Waals surface area contributed by atoms with Crippen LogP contribution in [0.2, 0.25) is 0 Å². The fourth-order valence-corrected chi connectivity index (χ4v) is 2.64. The van der Waals surface area contributed by atoms with Gasteiger partial charge in [0.05, 0.1) is 11.3 Å². The minimum absolute atomic E-state index is 0.412. The Morgan fingerprint density at radius 2 is 1.95 bits per heavy atom. The predicted molar refractivity (Wildman–Crippen MR) is 90.2 cm³/mol. The van der Waals surface area contributed by atoms with Crippen molar-refractivity contribution < 1.29 is 0 Å². The van der Waals surface area contributed by atoms with E-state index in [1.807, 2.05) is 18.7 Å². The lowest BCUT2D eigenvalue weighted by molar-refractivity contribution is 0.522. The van der Waals surface area contributed by atoms with E-state index in [9.17, 15) is 0 Å². The molecule has 114 valence electrons. The van der Waals surface area contributed by atoms with Crippen LogP contribution >= 0.6 is 12.2 Å². The molecule has 0 spiro atoms. The fourth-order valence-electron chi connectivity index (χ4n) is 2.39. The Labute approximate surface area is 128 Å². The van der Waals surface area contributed by atoms with Crippen LogP contribution in [0, 0.1) is 12.8 Å². The van der Waals surface area contributed by atoms with E-state index < -0.39 is 0 Å². The minimum Gasteiger partial charge on any atom is -0.389 e. The summed E-state index contributed by atoms with van der Waals surface area (Å²) in [6.07, 6.45) is 6.41. The second-order valence-corrected chi connectivity index (χ2v) is 6.26. The number of nitrogens with two attached hydrogens (primary N) is 1. The molecule has 0 bridgehead atoms. The number of aromatic nitrogens is 2. The van der Waals surface area contributed by atoms with E-state index in [1.54, 1.807) is 0 Å². The largest absolute Gasteiger partial charge is 0.389 e. The van der Waals surface area contributed by atoms with Crippen LogP contribution in [0.1, 0.15) is 57.2 Å². The molecule has 0 aliphatic rings. The van der Waals surface area contributed by atoms with Crippen molar-refractivity contribution in [2.24, 2.45) is 18.7 Å². The van der Waals surface area contributed by atoms with Crippen molar-refractivity contribution in [2.75, 3.05) is 11.9 Å². The van der Waals surface area contributed by atoms with Gasteiger partial charge in [-0.15, -0.1) is 0 Å². The van der Waals surface area contributed by atoms with Gasteiger partial charge in [-0.25, -0.2) is 0 Å². The van der Waals surface area contributed by atoms with E-state index in [0.29, 0.717) is 4.99 Å². The fraction of sp³-hybridized carbons (Fsp3) is 0.733. The molecule has 0 amide bonds. The van der Waals surface area contributed by atoms with E-state index >= 15 is 0 Å². The van der Waals surface area contributed by atoms with Crippen LogP contribution in [0.3, 0.4) is 0 Å². The summed E-state index contributed by atoms with van der Waals surface area (Å²) in [6, 6.07) is 0. The average Bonchev–Trinajstić information content (AvgIpc) is 2.62. The number of nitrogens with zero attached hydrogens (tertiary/aromatic N) is 2. The molecular weight excluding hydrogens is 268 g/mol. The highest BCUT2D eigenvalue weighted by atomic mass is 32.1. The average molecular weight is 296 g/mol. The van der Waals surface area contributed by atoms with Gasteiger partial charge in [-0.2, -0.15) is 5.10 Å². The Kier molecular flexibility index (Phi) is 6.99. The number of hydrogen-bond donors (Lipinski definition) is 2. The highest BCUT2D eigenvalue weighted by molar-refractivity contribution is 7.80. The number of thiocarbonyl (C=S) groups is 1. The van der Waals surface area contributed by atoms with Crippen LogP contribution in [0.5, 0.6) is 0 Å². The highest BCUT2D eigenvalue weighted by Gasteiger charge is 2.14. The van der Waals surface area contributed by atoms with Crippen molar-refractivity contribution in [2.45, 2.75) is 52.9 Å². The van der Waals surface area contributed by atoms with Crippen LogP contribution in [-0.2, 0) is 7.05 Å². The van der Waals surface area contributed by atoms with Crippen molar-refractivity contribution in [3.63, 3.8) is 0 Å². The third kappa shape index (κ3) is 5.12. The summed E-state index contributed by atoms with van der Waals surface area (Å²) in [4.78, 5) is 0.412. The maximum Gasteiger partial charge on any atom is 0.134 e. The lowest BCUT2D eigenvalue weighted by atomic mass is 10.0. The van der Waals surface area contributed by atoms with Gasteiger partial charge in [0.25, 0.3) is 0 Å². The van der Waals surface area contributed by atoms with Crippen LogP contribution in [0.4, 0.5) is 5.82 Å². The number of hydrogen-bond acceptors (Lipinski definition) is 3. The van der Waals surface area contributed by atoms with Crippen LogP contribution in [0.25, 0.3) is 0 Å². The first-order valence-corrected chi connectivity index (χ1v) is 7.91. The molecule has 0 atom stereocenters. The van der Waals surface area contributed by atoms with E-state index in [1.165, 1.54) is 32.1 Å². The first kappa shape index (κ1) is 17.0. The summed E-state index contributed by atoms with van der Waals surface area (Å²) in [7, 11) is 1.92. The summed E-state index contributed by atoms with van der Waals surface area (Å²) in [5.74, 6) is 1.76. The van der Waals surface area contributed by atoms with Gasteiger partial charge in [0, 0.05) is 13.6 Å². The zero-order valence-corrected chi connectivity index (χ0v) is 14.0. The predicted octanol–water partition coefficient (Wildman–Crippen LogP) is 3.38. The Hall–Kier alpha value is -1.10. The van der Waals surface area contributed by atoms with Crippen molar-refractivity contribution >= 4 is 23.0 Å². The number of rotatable bonds is 9. The van der Waals surface area contributed by atoms with Gasteiger partial charge in [0.15, 0.2) is 0 Å². The topological polar surface area (TPSA) is 55.9 Å². The number of aryl methyl sites for hydroxylation is 2. The molecule has 0 radical (unpaired) electrons. The molecule has 0 saturated heterocycles. The molecule has 20 heavy (non-hydrogen) atoms. The number of unbranched alkanes of at least 4 members (excludes halogenated alkanes) is 3. The first-order chi connectivity index (χ1) is 9.43. The molecule has 0 aliphatic heterocycles. The van der Waals surface area contributed by atoms with E-state index in [2.05, 4.69) is 24.3 Å². The lowest BCUT2D eigenvalue weighted by Crippen LogP contribution is -2.15. The SMILES string of the molecule is Cc1nn(C)c(NCCCCCCC(C)C)c1C(N)=S. The summed E-state index contributed by atoms with van der Waals surface area (Å²) in [6.45, 7) is 7.44. The third-order valence-corrected chi connectivity index (χ3v) is 3.67. The van der Waals surface area contributed by atoms with Gasteiger partial charge in [0.1, 0.15) is 10.8 Å². The Morgan fingerprint density at radius 1 is 1.30 bits per heavy atom. The Morgan fingerprint density at radius 3 is 2.55 bits per heavy atom. The Bertz CT molecular complexity index is 437. The van der Waals surface area contributed by atoms with Gasteiger partial charge < -0.3 is 11.1 Å². The van der Waals surface area contributed by atoms with Gasteiger partial charge >= 0.3 is 0 Å². The molecule has 0 unspecified atom stereocenters. The van der Waals surface area contributed by atoms with Crippen LogP contribution < -0.4 is 11.1 Å². The molecule has 1 rings (SSSR count). The van der Waals surface area contributed by atoms with Crippen molar-refractivity contribution in [3.05, 3.63) is 11.3 Å². The molecule has 3 N–H and O–H groups in total. The molecule has 1 aromatic rings. The second-order valence-electron chi connectivity index (χ2n) is 5.82. The van der Waals surface area contributed by atoms with Gasteiger partial charge in [-0.05, 0) is 19.3 Å². The molecule has 0 fully saturated rings. The smallest absolute Gasteiger partial charge is 0.134 e. The number of anilines is 1. The second kappa shape index (κ2) is 8.25. The number of nitrogens with one attached hydrogen (secondary N) is 1. The quantitative estimate of drug-likeness (QED) is 0.542. The molecule has 1 heterocycles.